The maximum Gasteiger partial charge on any atom is 0.294 e. The number of hydrogen-bond acceptors (Lipinski definition) is 4. The molecule has 0 aliphatic rings. The van der Waals surface area contributed by atoms with Gasteiger partial charge in [-0.15, -0.1) is 0 Å². The summed E-state index contributed by atoms with van der Waals surface area (Å²) in [5.74, 6) is 1.16. The van der Waals surface area contributed by atoms with Crippen LogP contribution in [0.25, 0.3) is 10.9 Å². The second kappa shape index (κ2) is 13.0. The number of nitrogens with one attached hydrogen (secondary N) is 2. The summed E-state index contributed by atoms with van der Waals surface area (Å²) in [5.41, 5.74) is 4.04. The van der Waals surface area contributed by atoms with Gasteiger partial charge in [-0.3, -0.25) is 4.79 Å². The summed E-state index contributed by atoms with van der Waals surface area (Å²) in [6.45, 7) is 14.4. The lowest BCUT2D eigenvalue weighted by molar-refractivity contribution is 0.234. The number of hydrogen-bond donors (Lipinski definition) is 2. The van der Waals surface area contributed by atoms with E-state index in [9.17, 15) is 4.79 Å². The summed E-state index contributed by atoms with van der Waals surface area (Å²) in [6, 6.07) is 5.92. The molecular formula is C27H40N2O3. The molecule has 1 atom stereocenters. The maximum absolute atomic E-state index is 12.9. The molecule has 176 valence electrons. The van der Waals surface area contributed by atoms with Crippen molar-refractivity contribution in [3.05, 3.63) is 51.9 Å². The van der Waals surface area contributed by atoms with Crippen molar-refractivity contribution in [2.24, 2.45) is 5.92 Å². The molecule has 0 amide bonds. The van der Waals surface area contributed by atoms with Crippen molar-refractivity contribution in [3.8, 4) is 11.5 Å². The molecule has 0 radical (unpaired) electrons. The number of fused-ring (bicyclic) bond motifs is 1. The number of aromatic amines is 1. The smallest absolute Gasteiger partial charge is 0.294 e. The molecule has 2 aromatic rings. The average Bonchev–Trinajstić information content (AvgIpc) is 2.73. The van der Waals surface area contributed by atoms with Crippen molar-refractivity contribution in [2.75, 3.05) is 25.1 Å². The van der Waals surface area contributed by atoms with Gasteiger partial charge in [-0.2, -0.15) is 0 Å². The van der Waals surface area contributed by atoms with Crippen molar-refractivity contribution in [3.63, 3.8) is 0 Å². The van der Waals surface area contributed by atoms with Gasteiger partial charge in [-0.05, 0) is 77.2 Å². The molecule has 0 spiro atoms. The highest BCUT2D eigenvalue weighted by atomic mass is 16.5. The summed E-state index contributed by atoms with van der Waals surface area (Å²) in [6.07, 6.45) is 8.49. The third-order valence-corrected chi connectivity index (χ3v) is 5.35. The molecule has 2 N–H and O–H groups in total. The van der Waals surface area contributed by atoms with Crippen molar-refractivity contribution in [1.29, 1.82) is 0 Å². The van der Waals surface area contributed by atoms with Crippen molar-refractivity contribution in [2.45, 2.75) is 67.2 Å². The second-order valence-electron chi connectivity index (χ2n) is 8.79. The van der Waals surface area contributed by atoms with Crippen molar-refractivity contribution in [1.82, 2.24) is 4.98 Å². The van der Waals surface area contributed by atoms with Crippen LogP contribution in [0.2, 0.25) is 0 Å². The minimum atomic E-state index is -0.255. The fourth-order valence-corrected chi connectivity index (χ4v) is 3.60. The Balaban J connectivity index is 2.31. The molecule has 2 rings (SSSR count). The van der Waals surface area contributed by atoms with Crippen molar-refractivity contribution >= 4 is 16.6 Å². The van der Waals surface area contributed by atoms with E-state index in [1.54, 1.807) is 0 Å². The topological polar surface area (TPSA) is 63.4 Å². The Morgan fingerprint density at radius 1 is 1.12 bits per heavy atom. The zero-order valence-electron chi connectivity index (χ0n) is 20.6. The van der Waals surface area contributed by atoms with Gasteiger partial charge in [0.2, 0.25) is 5.75 Å². The Labute approximate surface area is 192 Å². The van der Waals surface area contributed by atoms with Crippen LogP contribution in [0, 0.1) is 5.92 Å². The first-order valence-corrected chi connectivity index (χ1v) is 11.8. The zero-order chi connectivity index (χ0) is 23.5. The Morgan fingerprint density at radius 3 is 2.59 bits per heavy atom. The molecule has 0 fully saturated rings. The third-order valence-electron chi connectivity index (χ3n) is 5.35. The Bertz CT molecular complexity index is 984. The number of aromatic nitrogens is 1. The van der Waals surface area contributed by atoms with Gasteiger partial charge in [0.25, 0.3) is 5.56 Å². The van der Waals surface area contributed by atoms with Crippen LogP contribution in [-0.2, 0) is 0 Å². The highest BCUT2D eigenvalue weighted by Crippen LogP contribution is 2.33. The second-order valence-corrected chi connectivity index (χ2v) is 8.79. The van der Waals surface area contributed by atoms with E-state index >= 15 is 0 Å². The Kier molecular flexibility index (Phi) is 10.4. The van der Waals surface area contributed by atoms with Gasteiger partial charge in [-0.25, -0.2) is 0 Å². The number of ether oxygens (including phenoxy) is 2. The minimum Gasteiger partial charge on any atom is -0.485 e. The summed E-state index contributed by atoms with van der Waals surface area (Å²) >= 11 is 0. The first kappa shape index (κ1) is 25.6. The molecule has 1 aromatic heterocycles. The Morgan fingerprint density at radius 2 is 1.91 bits per heavy atom. The normalized spacial score (nSPS) is 12.5. The number of pyridine rings is 1. The predicted molar refractivity (Wildman–Crippen MR) is 136 cm³/mol. The number of H-pyrrole nitrogens is 1. The molecule has 5 nitrogen and oxygen atoms in total. The van der Waals surface area contributed by atoms with Gasteiger partial charge in [0.05, 0.1) is 12.1 Å². The lowest BCUT2D eigenvalue weighted by atomic mass is 10.1. The van der Waals surface area contributed by atoms with Crippen LogP contribution in [0.5, 0.6) is 11.5 Å². The molecule has 0 saturated heterocycles. The van der Waals surface area contributed by atoms with E-state index in [0.717, 1.165) is 48.8 Å². The van der Waals surface area contributed by atoms with Gasteiger partial charge in [0.1, 0.15) is 6.61 Å². The van der Waals surface area contributed by atoms with Gasteiger partial charge >= 0.3 is 0 Å². The predicted octanol–water partition coefficient (Wildman–Crippen LogP) is 6.85. The van der Waals surface area contributed by atoms with Gasteiger partial charge < -0.3 is 19.8 Å². The molecule has 0 aliphatic heterocycles. The van der Waals surface area contributed by atoms with Crippen LogP contribution >= 0.6 is 0 Å². The summed E-state index contributed by atoms with van der Waals surface area (Å²) in [7, 11) is 0. The highest BCUT2D eigenvalue weighted by Gasteiger charge is 2.17. The van der Waals surface area contributed by atoms with E-state index in [2.05, 4.69) is 57.1 Å². The lowest BCUT2D eigenvalue weighted by Gasteiger charge is -2.17. The van der Waals surface area contributed by atoms with Gasteiger partial charge in [0, 0.05) is 17.6 Å². The molecule has 0 saturated carbocycles. The number of allylic oxidation sites excluding steroid dienone is 3. The molecule has 0 aliphatic carbocycles. The van der Waals surface area contributed by atoms with E-state index < -0.39 is 0 Å². The molecule has 5 heteroatoms. The lowest BCUT2D eigenvalue weighted by Crippen LogP contribution is -2.17. The number of anilines is 1. The Hall–Kier alpha value is -2.69. The molecule has 32 heavy (non-hydrogen) atoms. The summed E-state index contributed by atoms with van der Waals surface area (Å²) in [4.78, 5) is 15.9. The SMILES string of the molecule is CCCC(C)COc1c(OC/C=C(\C)CCC=C(C)C)c2ccc(NCC)cc2[nH]c1=O. The average molecular weight is 441 g/mol. The molecule has 1 heterocycles. The van der Waals surface area contributed by atoms with Crippen LogP contribution in [0.3, 0.4) is 0 Å². The van der Waals surface area contributed by atoms with E-state index in [1.165, 1.54) is 11.1 Å². The number of rotatable bonds is 13. The van der Waals surface area contributed by atoms with E-state index in [0.29, 0.717) is 24.9 Å². The summed E-state index contributed by atoms with van der Waals surface area (Å²) in [5, 5.41) is 4.13. The fourth-order valence-electron chi connectivity index (χ4n) is 3.60. The zero-order valence-corrected chi connectivity index (χ0v) is 20.6. The van der Waals surface area contributed by atoms with E-state index in [1.807, 2.05) is 25.1 Å². The minimum absolute atomic E-state index is 0.255. The van der Waals surface area contributed by atoms with Crippen molar-refractivity contribution < 1.29 is 9.47 Å². The quantitative estimate of drug-likeness (QED) is 0.334. The largest absolute Gasteiger partial charge is 0.485 e. The monoisotopic (exact) mass is 440 g/mol. The molecular weight excluding hydrogens is 400 g/mol. The first-order chi connectivity index (χ1) is 15.3. The van der Waals surface area contributed by atoms with Gasteiger partial charge in [-0.1, -0.05) is 37.5 Å². The maximum atomic E-state index is 12.9. The standard InChI is InChI=1S/C27H40N2O3/c1-7-10-21(6)18-32-26-25(31-16-15-20(5)12-9-11-19(3)4)23-14-13-22(28-8-2)17-24(23)29-27(26)30/h11,13-15,17,21,28H,7-10,12,16,18H2,1-6H3,(H,29,30)/b20-15+. The van der Waals surface area contributed by atoms with Crippen LogP contribution in [0.15, 0.2) is 46.3 Å². The fraction of sp³-hybridized carbons (Fsp3) is 0.519. The number of benzene rings is 1. The van der Waals surface area contributed by atoms with Crippen LogP contribution in [0.1, 0.15) is 67.2 Å². The van der Waals surface area contributed by atoms with Crippen LogP contribution in [-0.4, -0.2) is 24.7 Å². The third kappa shape index (κ3) is 7.77. The molecule has 1 unspecified atom stereocenters. The molecule has 1 aromatic carbocycles. The highest BCUT2D eigenvalue weighted by molar-refractivity contribution is 5.89. The van der Waals surface area contributed by atoms with E-state index in [4.69, 9.17) is 9.47 Å². The first-order valence-electron chi connectivity index (χ1n) is 11.8. The van der Waals surface area contributed by atoms with E-state index in [-0.39, 0.29) is 11.3 Å². The summed E-state index contributed by atoms with van der Waals surface area (Å²) < 4.78 is 12.2. The molecule has 0 bridgehead atoms. The van der Waals surface area contributed by atoms with Gasteiger partial charge in [0.15, 0.2) is 5.75 Å². The van der Waals surface area contributed by atoms with Crippen LogP contribution < -0.4 is 20.3 Å². The van der Waals surface area contributed by atoms with Crippen LogP contribution in [0.4, 0.5) is 5.69 Å².